The Hall–Kier alpha value is -1.67. The third-order valence-corrected chi connectivity index (χ3v) is 3.86. The number of aliphatic hydroxyl groups excluding tert-OH is 1. The zero-order chi connectivity index (χ0) is 15.8. The fraction of sp³-hybridized carbons (Fsp3) is 0.786. The van der Waals surface area contributed by atoms with E-state index >= 15 is 0 Å². The average Bonchev–Trinajstić information content (AvgIpc) is 2.99. The average molecular weight is 310 g/mol. The quantitative estimate of drug-likeness (QED) is 0.656. The molecule has 3 N–H and O–H groups in total. The van der Waals surface area contributed by atoms with Gasteiger partial charge in [-0.2, -0.15) is 0 Å². The van der Waals surface area contributed by atoms with Crippen LogP contribution in [0.1, 0.15) is 32.0 Å². The number of rotatable bonds is 7. The molecule has 0 spiro atoms. The molecule has 1 aliphatic heterocycles. The monoisotopic (exact) mass is 310 g/mol. The van der Waals surface area contributed by atoms with Gasteiger partial charge in [-0.05, 0) is 32.9 Å². The molecule has 1 saturated heterocycles. The zero-order valence-electron chi connectivity index (χ0n) is 13.2. The largest absolute Gasteiger partial charge is 0.390 e. The number of aryl methyl sites for hydroxylation is 1. The minimum Gasteiger partial charge on any atom is -0.390 e. The number of carbonyl (C=O) groups is 1. The third-order valence-electron chi connectivity index (χ3n) is 3.86. The lowest BCUT2D eigenvalue weighted by molar-refractivity contribution is 0.101. The standard InChI is InChI=1S/C14H26N6O2/c1-2-20-11-17-18-13(20)9-16-14(22)15-8-12(21)10-19-6-4-3-5-7-19/h11-12,21H,2-10H2,1H3,(H2,15,16,22). The smallest absolute Gasteiger partial charge is 0.315 e. The Balaban J connectivity index is 1.62. The highest BCUT2D eigenvalue weighted by molar-refractivity contribution is 5.73. The summed E-state index contributed by atoms with van der Waals surface area (Å²) in [5.74, 6) is 0.714. The SMILES string of the molecule is CCn1cnnc1CNC(=O)NCC(O)CN1CCCCC1. The number of β-amino-alcohol motifs (C(OH)–C–C–N with tert-alkyl or cyclic N) is 1. The number of hydrogen-bond donors (Lipinski definition) is 3. The highest BCUT2D eigenvalue weighted by Crippen LogP contribution is 2.08. The Bertz CT molecular complexity index is 458. The fourth-order valence-electron chi connectivity index (χ4n) is 2.62. The molecule has 8 heteroatoms. The van der Waals surface area contributed by atoms with Crippen molar-refractivity contribution in [1.82, 2.24) is 30.3 Å². The number of urea groups is 1. The summed E-state index contributed by atoms with van der Waals surface area (Å²) < 4.78 is 1.87. The lowest BCUT2D eigenvalue weighted by atomic mass is 10.1. The summed E-state index contributed by atoms with van der Waals surface area (Å²) in [5, 5.41) is 23.1. The van der Waals surface area contributed by atoms with Gasteiger partial charge < -0.3 is 25.2 Å². The minimum atomic E-state index is -0.539. The summed E-state index contributed by atoms with van der Waals surface area (Å²) in [7, 11) is 0. The molecule has 124 valence electrons. The van der Waals surface area contributed by atoms with Crippen LogP contribution in [0.3, 0.4) is 0 Å². The van der Waals surface area contributed by atoms with Crippen molar-refractivity contribution in [3.05, 3.63) is 12.2 Å². The number of aliphatic hydroxyl groups is 1. The van der Waals surface area contributed by atoms with Crippen molar-refractivity contribution in [2.75, 3.05) is 26.2 Å². The first-order chi connectivity index (χ1) is 10.7. The second-order valence-corrected chi connectivity index (χ2v) is 5.61. The number of piperidine rings is 1. The van der Waals surface area contributed by atoms with Gasteiger partial charge in [-0.3, -0.25) is 0 Å². The molecular weight excluding hydrogens is 284 g/mol. The summed E-state index contributed by atoms with van der Waals surface area (Å²) in [4.78, 5) is 14.0. The van der Waals surface area contributed by atoms with E-state index in [1.165, 1.54) is 19.3 Å². The number of nitrogens with one attached hydrogen (secondary N) is 2. The van der Waals surface area contributed by atoms with Crippen LogP contribution in [0.4, 0.5) is 4.79 Å². The molecule has 8 nitrogen and oxygen atoms in total. The van der Waals surface area contributed by atoms with Crippen LogP contribution in [-0.4, -0.2) is 63.1 Å². The first-order valence-electron chi connectivity index (χ1n) is 7.98. The molecule has 0 aliphatic carbocycles. The van der Waals surface area contributed by atoms with Crippen molar-refractivity contribution in [1.29, 1.82) is 0 Å². The van der Waals surface area contributed by atoms with Gasteiger partial charge in [0, 0.05) is 19.6 Å². The highest BCUT2D eigenvalue weighted by Gasteiger charge is 2.15. The molecule has 1 aliphatic rings. The normalized spacial score (nSPS) is 17.2. The van der Waals surface area contributed by atoms with Crippen molar-refractivity contribution in [2.45, 2.75) is 45.4 Å². The first kappa shape index (κ1) is 16.7. The molecule has 0 radical (unpaired) electrons. The Morgan fingerprint density at radius 1 is 1.36 bits per heavy atom. The highest BCUT2D eigenvalue weighted by atomic mass is 16.3. The van der Waals surface area contributed by atoms with E-state index < -0.39 is 6.10 Å². The Morgan fingerprint density at radius 2 is 2.14 bits per heavy atom. The number of likely N-dealkylation sites (tertiary alicyclic amines) is 1. The van der Waals surface area contributed by atoms with Crippen molar-refractivity contribution >= 4 is 6.03 Å². The first-order valence-corrected chi connectivity index (χ1v) is 7.98. The maximum atomic E-state index is 11.7. The molecule has 2 rings (SSSR count). The Labute approximate surface area is 130 Å². The van der Waals surface area contributed by atoms with Gasteiger partial charge >= 0.3 is 6.03 Å². The van der Waals surface area contributed by atoms with Crippen molar-refractivity contribution < 1.29 is 9.90 Å². The Morgan fingerprint density at radius 3 is 2.86 bits per heavy atom. The zero-order valence-corrected chi connectivity index (χ0v) is 13.2. The molecule has 1 aromatic heterocycles. The van der Waals surface area contributed by atoms with Gasteiger partial charge in [0.25, 0.3) is 0 Å². The summed E-state index contributed by atoms with van der Waals surface area (Å²) in [6.45, 7) is 6.02. The van der Waals surface area contributed by atoms with Crippen LogP contribution >= 0.6 is 0 Å². The van der Waals surface area contributed by atoms with Crippen molar-refractivity contribution in [3.8, 4) is 0 Å². The lowest BCUT2D eigenvalue weighted by Gasteiger charge is -2.28. The molecule has 1 aromatic rings. The third kappa shape index (κ3) is 5.27. The van der Waals surface area contributed by atoms with Crippen LogP contribution in [0, 0.1) is 0 Å². The molecular formula is C14H26N6O2. The van der Waals surface area contributed by atoms with Crippen LogP contribution in [0.15, 0.2) is 6.33 Å². The number of aromatic nitrogens is 3. The van der Waals surface area contributed by atoms with E-state index in [0.29, 0.717) is 18.9 Å². The van der Waals surface area contributed by atoms with Crippen molar-refractivity contribution in [2.24, 2.45) is 0 Å². The van der Waals surface area contributed by atoms with Crippen molar-refractivity contribution in [3.63, 3.8) is 0 Å². The predicted molar refractivity (Wildman–Crippen MR) is 82.2 cm³/mol. The second-order valence-electron chi connectivity index (χ2n) is 5.61. The predicted octanol–water partition coefficient (Wildman–Crippen LogP) is -0.0560. The summed E-state index contributed by atoms with van der Waals surface area (Å²) >= 11 is 0. The van der Waals surface area contributed by atoms with Gasteiger partial charge in [-0.25, -0.2) is 4.79 Å². The van der Waals surface area contributed by atoms with Gasteiger partial charge in [0.15, 0.2) is 5.82 Å². The number of amides is 2. The number of hydrogen-bond acceptors (Lipinski definition) is 5. The molecule has 1 unspecified atom stereocenters. The molecule has 0 aromatic carbocycles. The van der Waals surface area contributed by atoms with E-state index in [0.717, 1.165) is 19.6 Å². The van der Waals surface area contributed by atoms with E-state index in [1.807, 2.05) is 11.5 Å². The molecule has 0 saturated carbocycles. The summed E-state index contributed by atoms with van der Waals surface area (Å²) in [6.07, 6.45) is 4.76. The van der Waals surface area contributed by atoms with Gasteiger partial charge in [0.2, 0.25) is 0 Å². The second kappa shape index (κ2) is 8.70. The van der Waals surface area contributed by atoms with Gasteiger partial charge in [0.05, 0.1) is 12.6 Å². The number of carbonyl (C=O) groups excluding carboxylic acids is 1. The fourth-order valence-corrected chi connectivity index (χ4v) is 2.62. The van der Waals surface area contributed by atoms with E-state index in [9.17, 15) is 9.90 Å². The van der Waals surface area contributed by atoms with Crippen LogP contribution in [-0.2, 0) is 13.1 Å². The van der Waals surface area contributed by atoms with Crippen LogP contribution in [0.25, 0.3) is 0 Å². The molecule has 22 heavy (non-hydrogen) atoms. The Kier molecular flexibility index (Phi) is 6.60. The van der Waals surface area contributed by atoms with Gasteiger partial charge in [-0.1, -0.05) is 6.42 Å². The van der Waals surface area contributed by atoms with E-state index in [-0.39, 0.29) is 12.6 Å². The molecule has 1 atom stereocenters. The topological polar surface area (TPSA) is 95.3 Å². The summed E-state index contributed by atoms with van der Waals surface area (Å²) in [6, 6.07) is -0.302. The lowest BCUT2D eigenvalue weighted by Crippen LogP contribution is -2.44. The van der Waals surface area contributed by atoms with E-state index in [1.54, 1.807) is 6.33 Å². The molecule has 2 heterocycles. The maximum Gasteiger partial charge on any atom is 0.315 e. The molecule has 1 fully saturated rings. The van der Waals surface area contributed by atoms with Gasteiger partial charge in [-0.15, -0.1) is 10.2 Å². The van der Waals surface area contributed by atoms with Crippen LogP contribution < -0.4 is 10.6 Å². The number of nitrogens with zero attached hydrogens (tertiary/aromatic N) is 4. The maximum absolute atomic E-state index is 11.7. The minimum absolute atomic E-state index is 0.253. The summed E-state index contributed by atoms with van der Waals surface area (Å²) in [5.41, 5.74) is 0. The molecule has 2 amide bonds. The van der Waals surface area contributed by atoms with Gasteiger partial charge in [0.1, 0.15) is 6.33 Å². The van der Waals surface area contributed by atoms with Crippen LogP contribution in [0.5, 0.6) is 0 Å². The van der Waals surface area contributed by atoms with Crippen LogP contribution in [0.2, 0.25) is 0 Å². The van der Waals surface area contributed by atoms with E-state index in [4.69, 9.17) is 0 Å². The van der Waals surface area contributed by atoms with E-state index in [2.05, 4.69) is 25.7 Å². The molecule has 0 bridgehead atoms.